The number of hydrogen-bond acceptors (Lipinski definition) is 4. The Kier molecular flexibility index (Phi) is 6.06. The van der Waals surface area contributed by atoms with Crippen molar-refractivity contribution in [1.29, 1.82) is 0 Å². The Labute approximate surface area is 173 Å². The zero-order valence-electron chi connectivity index (χ0n) is 18.2. The van der Waals surface area contributed by atoms with E-state index in [0.29, 0.717) is 24.6 Å². The van der Waals surface area contributed by atoms with Gasteiger partial charge >= 0.3 is 0 Å². The molecule has 1 heterocycles. The first-order valence-electron chi connectivity index (χ1n) is 10.0. The number of nitrogens with zero attached hydrogens (tertiary/aromatic N) is 1. The molecular formula is C24H31NO4. The van der Waals surface area contributed by atoms with E-state index in [1.807, 2.05) is 36.1 Å². The third kappa shape index (κ3) is 4.66. The molecule has 0 fully saturated rings. The maximum absolute atomic E-state index is 13.0. The predicted molar refractivity (Wildman–Crippen MR) is 114 cm³/mol. The number of carbonyl (C=O) groups is 1. The van der Waals surface area contributed by atoms with E-state index in [4.69, 9.17) is 14.2 Å². The Bertz CT molecular complexity index is 868. The van der Waals surface area contributed by atoms with Crippen LogP contribution < -0.4 is 14.2 Å². The minimum absolute atomic E-state index is 0.00895. The van der Waals surface area contributed by atoms with Crippen molar-refractivity contribution in [2.75, 3.05) is 20.8 Å². The lowest BCUT2D eigenvalue weighted by Gasteiger charge is -2.31. The maximum atomic E-state index is 13.0. The average Bonchev–Trinajstić information content (AvgIpc) is 2.71. The quantitative estimate of drug-likeness (QED) is 0.752. The van der Waals surface area contributed by atoms with Crippen LogP contribution >= 0.6 is 0 Å². The van der Waals surface area contributed by atoms with Crippen LogP contribution in [0.5, 0.6) is 17.2 Å². The summed E-state index contributed by atoms with van der Waals surface area (Å²) in [5.74, 6) is 2.11. The molecule has 156 valence electrons. The van der Waals surface area contributed by atoms with E-state index >= 15 is 0 Å². The van der Waals surface area contributed by atoms with Crippen molar-refractivity contribution in [3.63, 3.8) is 0 Å². The number of ether oxygens (including phenoxy) is 3. The van der Waals surface area contributed by atoms with E-state index in [1.54, 1.807) is 14.2 Å². The summed E-state index contributed by atoms with van der Waals surface area (Å²) in [7, 11) is 3.26. The summed E-state index contributed by atoms with van der Waals surface area (Å²) in [6.07, 6.45) is 0.242. The zero-order valence-corrected chi connectivity index (χ0v) is 18.2. The van der Waals surface area contributed by atoms with Crippen molar-refractivity contribution in [3.8, 4) is 17.2 Å². The third-order valence-corrected chi connectivity index (χ3v) is 5.41. The van der Waals surface area contributed by atoms with Crippen LogP contribution in [0.25, 0.3) is 0 Å². The summed E-state index contributed by atoms with van der Waals surface area (Å²) in [5.41, 5.74) is 3.60. The number of fused-ring (bicyclic) bond motifs is 1. The molecule has 0 radical (unpaired) electrons. The Morgan fingerprint density at radius 3 is 2.14 bits per heavy atom. The van der Waals surface area contributed by atoms with Crippen molar-refractivity contribution in [2.24, 2.45) is 0 Å². The van der Waals surface area contributed by atoms with Crippen LogP contribution in [0.15, 0.2) is 36.4 Å². The number of hydrogen-bond donors (Lipinski definition) is 0. The van der Waals surface area contributed by atoms with Crippen molar-refractivity contribution in [3.05, 3.63) is 53.1 Å². The van der Waals surface area contributed by atoms with Gasteiger partial charge in [0.2, 0.25) is 0 Å². The molecule has 0 saturated carbocycles. The fourth-order valence-electron chi connectivity index (χ4n) is 3.62. The molecule has 0 unspecified atom stereocenters. The predicted octanol–water partition coefficient (Wildman–Crippen LogP) is 4.35. The number of amides is 1. The maximum Gasteiger partial charge on any atom is 0.263 e. The van der Waals surface area contributed by atoms with Crippen LogP contribution in [-0.2, 0) is 23.2 Å². The second-order valence-corrected chi connectivity index (χ2v) is 8.52. The number of rotatable bonds is 5. The van der Waals surface area contributed by atoms with Gasteiger partial charge in [-0.1, -0.05) is 32.9 Å². The van der Waals surface area contributed by atoms with Gasteiger partial charge in [0.15, 0.2) is 17.6 Å². The fourth-order valence-corrected chi connectivity index (χ4v) is 3.62. The SMILES string of the molecule is COc1cc2c(cc1OC)CN(C(=O)[C@H](C)Oc1ccc(C(C)(C)C)cc1)CC2. The monoisotopic (exact) mass is 397 g/mol. The van der Waals surface area contributed by atoms with Crippen LogP contribution in [0, 0.1) is 0 Å². The minimum atomic E-state index is -0.544. The molecule has 5 nitrogen and oxygen atoms in total. The van der Waals surface area contributed by atoms with E-state index in [2.05, 4.69) is 32.9 Å². The molecule has 3 rings (SSSR count). The van der Waals surface area contributed by atoms with Crippen molar-refractivity contribution >= 4 is 5.91 Å². The Morgan fingerprint density at radius 1 is 1.00 bits per heavy atom. The van der Waals surface area contributed by atoms with E-state index in [-0.39, 0.29) is 11.3 Å². The summed E-state index contributed by atoms with van der Waals surface area (Å²) in [4.78, 5) is 14.8. The Morgan fingerprint density at radius 2 is 1.59 bits per heavy atom. The van der Waals surface area contributed by atoms with Gasteiger partial charge < -0.3 is 19.1 Å². The second kappa shape index (κ2) is 8.36. The van der Waals surface area contributed by atoms with E-state index in [0.717, 1.165) is 17.7 Å². The molecule has 1 amide bonds. The van der Waals surface area contributed by atoms with E-state index in [9.17, 15) is 4.79 Å². The van der Waals surface area contributed by atoms with E-state index in [1.165, 1.54) is 11.1 Å². The van der Waals surface area contributed by atoms with Crippen LogP contribution in [0.1, 0.15) is 44.4 Å². The summed E-state index contributed by atoms with van der Waals surface area (Å²) in [6.45, 7) is 9.54. The molecule has 0 aromatic heterocycles. The van der Waals surface area contributed by atoms with Gasteiger partial charge in [-0.25, -0.2) is 0 Å². The first-order valence-corrected chi connectivity index (χ1v) is 10.0. The lowest BCUT2D eigenvalue weighted by atomic mass is 9.87. The first kappa shape index (κ1) is 21.0. The molecule has 0 bridgehead atoms. The molecular weight excluding hydrogens is 366 g/mol. The summed E-state index contributed by atoms with van der Waals surface area (Å²) in [5, 5.41) is 0. The van der Waals surface area contributed by atoms with Gasteiger partial charge in [0.1, 0.15) is 5.75 Å². The van der Waals surface area contributed by atoms with Crippen molar-refractivity contribution in [1.82, 2.24) is 4.90 Å². The summed E-state index contributed by atoms with van der Waals surface area (Å²) >= 11 is 0. The van der Waals surface area contributed by atoms with Gasteiger partial charge in [0, 0.05) is 13.1 Å². The highest BCUT2D eigenvalue weighted by Gasteiger charge is 2.27. The third-order valence-electron chi connectivity index (χ3n) is 5.41. The largest absolute Gasteiger partial charge is 0.493 e. The van der Waals surface area contributed by atoms with Crippen LogP contribution in [-0.4, -0.2) is 37.7 Å². The van der Waals surface area contributed by atoms with Gasteiger partial charge in [-0.2, -0.15) is 0 Å². The lowest BCUT2D eigenvalue weighted by molar-refractivity contribution is -0.138. The smallest absolute Gasteiger partial charge is 0.263 e. The highest BCUT2D eigenvalue weighted by molar-refractivity contribution is 5.81. The molecule has 29 heavy (non-hydrogen) atoms. The van der Waals surface area contributed by atoms with Gasteiger partial charge in [-0.15, -0.1) is 0 Å². The highest BCUT2D eigenvalue weighted by atomic mass is 16.5. The second-order valence-electron chi connectivity index (χ2n) is 8.52. The highest BCUT2D eigenvalue weighted by Crippen LogP contribution is 2.33. The van der Waals surface area contributed by atoms with Crippen molar-refractivity contribution in [2.45, 2.75) is 52.2 Å². The molecule has 1 aliphatic rings. The number of methoxy groups -OCH3 is 2. The first-order chi connectivity index (χ1) is 13.7. The van der Waals surface area contributed by atoms with Gasteiger partial charge in [-0.05, 0) is 59.7 Å². The summed E-state index contributed by atoms with van der Waals surface area (Å²) < 4.78 is 16.7. The fraction of sp³-hybridized carbons (Fsp3) is 0.458. The number of benzene rings is 2. The normalized spacial score (nSPS) is 14.8. The molecule has 2 aromatic carbocycles. The van der Waals surface area contributed by atoms with Gasteiger partial charge in [0.05, 0.1) is 14.2 Å². The molecule has 2 aromatic rings. The molecule has 0 N–H and O–H groups in total. The minimum Gasteiger partial charge on any atom is -0.493 e. The zero-order chi connectivity index (χ0) is 21.2. The van der Waals surface area contributed by atoms with Crippen LogP contribution in [0.4, 0.5) is 0 Å². The van der Waals surface area contributed by atoms with Crippen LogP contribution in [0.2, 0.25) is 0 Å². The molecule has 0 aliphatic carbocycles. The average molecular weight is 398 g/mol. The molecule has 5 heteroatoms. The molecule has 0 saturated heterocycles. The Hall–Kier alpha value is -2.69. The Balaban J connectivity index is 1.68. The molecule has 1 aliphatic heterocycles. The van der Waals surface area contributed by atoms with Gasteiger partial charge in [-0.3, -0.25) is 4.79 Å². The summed E-state index contributed by atoms with van der Waals surface area (Å²) in [6, 6.07) is 12.0. The number of carbonyl (C=O) groups excluding carboxylic acids is 1. The topological polar surface area (TPSA) is 48.0 Å². The molecule has 1 atom stereocenters. The molecule has 0 spiro atoms. The van der Waals surface area contributed by atoms with Gasteiger partial charge in [0.25, 0.3) is 5.91 Å². The van der Waals surface area contributed by atoms with Crippen molar-refractivity contribution < 1.29 is 19.0 Å². The van der Waals surface area contributed by atoms with E-state index < -0.39 is 6.10 Å². The standard InChI is InChI=1S/C24H31NO4/c1-16(29-20-9-7-19(8-10-20)24(2,3)4)23(26)25-12-11-17-13-21(27-5)22(28-6)14-18(17)15-25/h7-10,13-14,16H,11-12,15H2,1-6H3/t16-/m0/s1. The van der Waals surface area contributed by atoms with Crippen LogP contribution in [0.3, 0.4) is 0 Å². The lowest BCUT2D eigenvalue weighted by Crippen LogP contribution is -2.43.